The maximum absolute atomic E-state index is 13.9. The number of hydrogen-bond acceptors (Lipinski definition) is 6. The number of rotatable bonds is 10. The number of fused-ring (bicyclic) bond motifs is 1. The molecule has 0 saturated carbocycles. The molecule has 0 bridgehead atoms. The normalized spacial score (nSPS) is 11.3. The first-order valence-corrected chi connectivity index (χ1v) is 15.2. The highest BCUT2D eigenvalue weighted by atomic mass is 32.2. The van der Waals surface area contributed by atoms with Gasteiger partial charge in [-0.2, -0.15) is 0 Å². The SMILES string of the molecule is CCOc1cccc2sc(N(Cc3ccccc3)C(=O)c3ccc(S(=O)(=O)N(CC)c4ccccc4)cc3)nc12. The highest BCUT2D eigenvalue weighted by Crippen LogP contribution is 2.35. The van der Waals surface area contributed by atoms with Crippen molar-refractivity contribution in [3.8, 4) is 5.75 Å². The monoisotopic (exact) mass is 571 g/mol. The summed E-state index contributed by atoms with van der Waals surface area (Å²) in [6.45, 7) is 4.80. The summed E-state index contributed by atoms with van der Waals surface area (Å²) in [5.74, 6) is 0.392. The van der Waals surface area contributed by atoms with Gasteiger partial charge in [0.05, 0.1) is 28.4 Å². The number of sulfonamides is 1. The van der Waals surface area contributed by atoms with Crippen molar-refractivity contribution >= 4 is 48.3 Å². The molecule has 9 heteroatoms. The molecule has 0 spiro atoms. The Bertz CT molecular complexity index is 1700. The van der Waals surface area contributed by atoms with E-state index in [1.807, 2.05) is 61.5 Å². The summed E-state index contributed by atoms with van der Waals surface area (Å²) in [6, 6.07) is 30.5. The fraction of sp³-hybridized carbons (Fsp3) is 0.161. The van der Waals surface area contributed by atoms with E-state index in [1.54, 1.807) is 48.2 Å². The Balaban J connectivity index is 1.49. The van der Waals surface area contributed by atoms with Gasteiger partial charge in [-0.1, -0.05) is 65.9 Å². The zero-order valence-corrected chi connectivity index (χ0v) is 23.9. The van der Waals surface area contributed by atoms with Crippen LogP contribution in [0.15, 0.2) is 108 Å². The summed E-state index contributed by atoms with van der Waals surface area (Å²) in [5.41, 5.74) is 2.60. The van der Waals surface area contributed by atoms with Gasteiger partial charge in [0.1, 0.15) is 11.3 Å². The van der Waals surface area contributed by atoms with E-state index in [0.717, 1.165) is 10.3 Å². The minimum absolute atomic E-state index is 0.116. The highest BCUT2D eigenvalue weighted by Gasteiger charge is 2.26. The summed E-state index contributed by atoms with van der Waals surface area (Å²) in [5, 5.41) is 0.536. The fourth-order valence-corrected chi connectivity index (χ4v) is 6.88. The van der Waals surface area contributed by atoms with Crippen molar-refractivity contribution < 1.29 is 17.9 Å². The first-order chi connectivity index (χ1) is 19.4. The van der Waals surface area contributed by atoms with Gasteiger partial charge in [-0.15, -0.1) is 0 Å². The number of para-hydroxylation sites is 2. The predicted molar refractivity (Wildman–Crippen MR) is 161 cm³/mol. The molecule has 7 nitrogen and oxygen atoms in total. The number of thiazole rings is 1. The molecule has 5 aromatic rings. The molecule has 0 unspecified atom stereocenters. The first kappa shape index (κ1) is 27.4. The molecule has 0 N–H and O–H groups in total. The fourth-order valence-electron chi connectivity index (χ4n) is 4.43. The number of aromatic nitrogens is 1. The Morgan fingerprint density at radius 3 is 2.17 bits per heavy atom. The third-order valence-electron chi connectivity index (χ3n) is 6.35. The van der Waals surface area contributed by atoms with Crippen molar-refractivity contribution in [1.82, 2.24) is 4.98 Å². The van der Waals surface area contributed by atoms with Crippen LogP contribution in [0.4, 0.5) is 10.8 Å². The molecule has 0 aliphatic heterocycles. The Morgan fingerprint density at radius 1 is 0.850 bits per heavy atom. The molecule has 5 rings (SSSR count). The second kappa shape index (κ2) is 11.9. The van der Waals surface area contributed by atoms with Gasteiger partial charge in [0.15, 0.2) is 5.13 Å². The third kappa shape index (κ3) is 5.57. The summed E-state index contributed by atoms with van der Waals surface area (Å²) in [7, 11) is -3.81. The molecule has 1 amide bonds. The topological polar surface area (TPSA) is 79.8 Å². The van der Waals surface area contributed by atoms with Gasteiger partial charge in [-0.3, -0.25) is 14.0 Å². The molecule has 0 aliphatic carbocycles. The molecular formula is C31H29N3O4S2. The zero-order chi connectivity index (χ0) is 28.1. The van der Waals surface area contributed by atoms with Crippen molar-refractivity contribution in [2.45, 2.75) is 25.3 Å². The molecule has 0 aliphatic rings. The van der Waals surface area contributed by atoms with Crippen LogP contribution in [-0.4, -0.2) is 32.5 Å². The maximum Gasteiger partial charge on any atom is 0.264 e. The van der Waals surface area contributed by atoms with Gasteiger partial charge in [0.25, 0.3) is 15.9 Å². The molecule has 1 heterocycles. The number of amides is 1. The van der Waals surface area contributed by atoms with Crippen LogP contribution >= 0.6 is 11.3 Å². The first-order valence-electron chi connectivity index (χ1n) is 13.0. The number of nitrogens with zero attached hydrogens (tertiary/aromatic N) is 3. The van der Waals surface area contributed by atoms with Crippen molar-refractivity contribution in [2.24, 2.45) is 0 Å². The lowest BCUT2D eigenvalue weighted by Gasteiger charge is -2.23. The van der Waals surface area contributed by atoms with Gasteiger partial charge in [-0.25, -0.2) is 13.4 Å². The van der Waals surface area contributed by atoms with Crippen LogP contribution in [0.2, 0.25) is 0 Å². The van der Waals surface area contributed by atoms with E-state index in [-0.39, 0.29) is 17.3 Å². The standard InChI is InChI=1S/C31H29N3O4S2/c1-3-34(25-14-9-6-10-15-25)40(36,37)26-20-18-24(19-21-26)30(35)33(22-23-12-7-5-8-13-23)31-32-29-27(38-4-2)16-11-17-28(29)39-31/h5-21H,3-4,22H2,1-2H3. The van der Waals surface area contributed by atoms with Crippen LogP contribution in [0, 0.1) is 0 Å². The van der Waals surface area contributed by atoms with E-state index in [9.17, 15) is 13.2 Å². The molecule has 4 aromatic carbocycles. The lowest BCUT2D eigenvalue weighted by molar-refractivity contribution is 0.0985. The molecule has 0 saturated heterocycles. The van der Waals surface area contributed by atoms with Crippen LogP contribution < -0.4 is 13.9 Å². The third-order valence-corrected chi connectivity index (χ3v) is 9.31. The molecule has 40 heavy (non-hydrogen) atoms. The van der Waals surface area contributed by atoms with Crippen LogP contribution in [0.25, 0.3) is 10.2 Å². The molecule has 0 fully saturated rings. The molecule has 0 atom stereocenters. The van der Waals surface area contributed by atoms with Crippen molar-refractivity contribution in [3.05, 3.63) is 114 Å². The zero-order valence-electron chi connectivity index (χ0n) is 22.2. The Labute approximate surface area is 238 Å². The van der Waals surface area contributed by atoms with Crippen LogP contribution in [-0.2, 0) is 16.6 Å². The molecule has 0 radical (unpaired) electrons. The van der Waals surface area contributed by atoms with E-state index >= 15 is 0 Å². The number of hydrogen-bond donors (Lipinski definition) is 0. The van der Waals surface area contributed by atoms with Crippen molar-refractivity contribution in [2.75, 3.05) is 22.4 Å². The van der Waals surface area contributed by atoms with E-state index in [2.05, 4.69) is 0 Å². The van der Waals surface area contributed by atoms with E-state index < -0.39 is 10.0 Å². The minimum Gasteiger partial charge on any atom is -0.492 e. The quantitative estimate of drug-likeness (QED) is 0.185. The number of ether oxygens (including phenoxy) is 1. The summed E-state index contributed by atoms with van der Waals surface area (Å²) >= 11 is 1.41. The molecule has 1 aromatic heterocycles. The Hall–Kier alpha value is -4.21. The lowest BCUT2D eigenvalue weighted by Crippen LogP contribution is -2.31. The van der Waals surface area contributed by atoms with Gasteiger partial charge in [0, 0.05) is 12.1 Å². The summed E-state index contributed by atoms with van der Waals surface area (Å²) < 4.78 is 34.9. The van der Waals surface area contributed by atoms with Gasteiger partial charge in [0.2, 0.25) is 0 Å². The van der Waals surface area contributed by atoms with Gasteiger partial charge < -0.3 is 4.74 Å². The predicted octanol–water partition coefficient (Wildman–Crippen LogP) is 6.76. The lowest BCUT2D eigenvalue weighted by atomic mass is 10.1. The number of carbonyl (C=O) groups excluding carboxylic acids is 1. The largest absolute Gasteiger partial charge is 0.492 e. The van der Waals surface area contributed by atoms with Gasteiger partial charge in [-0.05, 0) is 67.9 Å². The van der Waals surface area contributed by atoms with Crippen LogP contribution in [0.3, 0.4) is 0 Å². The highest BCUT2D eigenvalue weighted by molar-refractivity contribution is 7.92. The summed E-state index contributed by atoms with van der Waals surface area (Å²) in [4.78, 5) is 20.4. The average Bonchev–Trinajstić information content (AvgIpc) is 3.42. The molecule has 204 valence electrons. The number of anilines is 2. The molecular weight excluding hydrogens is 542 g/mol. The van der Waals surface area contributed by atoms with Crippen LogP contribution in [0.1, 0.15) is 29.8 Å². The van der Waals surface area contributed by atoms with E-state index in [4.69, 9.17) is 9.72 Å². The maximum atomic E-state index is 13.9. The Kier molecular flexibility index (Phi) is 8.14. The van der Waals surface area contributed by atoms with Crippen LogP contribution in [0.5, 0.6) is 5.75 Å². The van der Waals surface area contributed by atoms with Crippen molar-refractivity contribution in [1.29, 1.82) is 0 Å². The second-order valence-corrected chi connectivity index (χ2v) is 11.8. The van der Waals surface area contributed by atoms with Gasteiger partial charge >= 0.3 is 0 Å². The average molecular weight is 572 g/mol. The van der Waals surface area contributed by atoms with E-state index in [1.165, 1.54) is 27.8 Å². The second-order valence-electron chi connectivity index (χ2n) is 8.94. The Morgan fingerprint density at radius 2 is 1.52 bits per heavy atom. The smallest absolute Gasteiger partial charge is 0.264 e. The number of carbonyl (C=O) groups is 1. The number of benzene rings is 4. The summed E-state index contributed by atoms with van der Waals surface area (Å²) in [6.07, 6.45) is 0. The minimum atomic E-state index is -3.81. The van der Waals surface area contributed by atoms with Crippen molar-refractivity contribution in [3.63, 3.8) is 0 Å². The van der Waals surface area contributed by atoms with E-state index in [0.29, 0.717) is 40.8 Å².